The van der Waals surface area contributed by atoms with Crippen molar-refractivity contribution in [3.8, 4) is 0 Å². The zero-order valence-electron chi connectivity index (χ0n) is 7.83. The molecule has 0 radical (unpaired) electrons. The van der Waals surface area contributed by atoms with Gasteiger partial charge in [0.25, 0.3) is 0 Å². The van der Waals surface area contributed by atoms with E-state index in [1.165, 1.54) is 7.11 Å². The molecule has 0 bridgehead atoms. The third-order valence-corrected chi connectivity index (χ3v) is 1.61. The zero-order valence-corrected chi connectivity index (χ0v) is 7.83. The minimum Gasteiger partial charge on any atom is -0.453 e. The molecule has 0 fully saturated rings. The summed E-state index contributed by atoms with van der Waals surface area (Å²) in [4.78, 5) is 10.8. The molecule has 0 aromatic carbocycles. The molecular weight excluding hydrogens is 172 g/mol. The number of nitrogens with zero attached hydrogens (tertiary/aromatic N) is 1. The molecule has 1 rings (SSSR count). The summed E-state index contributed by atoms with van der Waals surface area (Å²) in [6.07, 6.45) is -0.479. The Morgan fingerprint density at radius 1 is 1.77 bits per heavy atom. The van der Waals surface area contributed by atoms with Crippen LogP contribution in [0.4, 0.5) is 4.79 Å². The summed E-state index contributed by atoms with van der Waals surface area (Å²) in [7, 11) is 1.32. The number of methoxy groups -OCH3 is 1. The molecule has 0 aliphatic rings. The van der Waals surface area contributed by atoms with Crippen molar-refractivity contribution in [1.82, 2.24) is 10.5 Å². The molecule has 1 N–H and O–H groups in total. The summed E-state index contributed by atoms with van der Waals surface area (Å²) in [5, 5.41) is 6.33. The van der Waals surface area contributed by atoms with Crippen LogP contribution in [0.15, 0.2) is 10.6 Å². The number of amides is 1. The van der Waals surface area contributed by atoms with Crippen LogP contribution in [0.2, 0.25) is 0 Å². The third kappa shape index (κ3) is 2.47. The van der Waals surface area contributed by atoms with Crippen LogP contribution in [0.25, 0.3) is 0 Å². The Bertz CT molecular complexity index is 295. The van der Waals surface area contributed by atoms with Gasteiger partial charge in [-0.05, 0) is 13.8 Å². The van der Waals surface area contributed by atoms with Crippen molar-refractivity contribution in [1.29, 1.82) is 0 Å². The Morgan fingerprint density at radius 3 is 2.92 bits per heavy atom. The molecule has 1 aromatic heterocycles. The highest BCUT2D eigenvalue weighted by Gasteiger charge is 2.12. The number of carbonyl (C=O) groups is 1. The number of hydrogen-bond donors (Lipinski definition) is 1. The summed E-state index contributed by atoms with van der Waals surface area (Å²) in [5.74, 6) is 0.716. The van der Waals surface area contributed by atoms with Gasteiger partial charge in [-0.3, -0.25) is 0 Å². The standard InChI is InChI=1S/C8H12N2O3/c1-5-4-7(10-13-5)6(2)9-8(11)12-3/h4,6H,1-3H3,(H,9,11). The highest BCUT2D eigenvalue weighted by Crippen LogP contribution is 2.11. The van der Waals surface area contributed by atoms with Crippen molar-refractivity contribution < 1.29 is 14.1 Å². The summed E-state index contributed by atoms with van der Waals surface area (Å²) in [5.41, 5.74) is 0.683. The summed E-state index contributed by atoms with van der Waals surface area (Å²) in [6.45, 7) is 3.59. The molecule has 5 heteroatoms. The SMILES string of the molecule is COC(=O)NC(C)c1cc(C)on1. The van der Waals surface area contributed by atoms with Crippen LogP contribution in [0, 0.1) is 6.92 Å². The molecular formula is C8H12N2O3. The lowest BCUT2D eigenvalue weighted by atomic mass is 10.2. The highest BCUT2D eigenvalue weighted by molar-refractivity contribution is 5.67. The van der Waals surface area contributed by atoms with Gasteiger partial charge in [0, 0.05) is 6.07 Å². The first-order valence-corrected chi connectivity index (χ1v) is 3.91. The number of hydrogen-bond acceptors (Lipinski definition) is 4. The maximum atomic E-state index is 10.8. The monoisotopic (exact) mass is 184 g/mol. The molecule has 5 nitrogen and oxygen atoms in total. The molecule has 1 atom stereocenters. The van der Waals surface area contributed by atoms with Crippen molar-refractivity contribution in [3.63, 3.8) is 0 Å². The van der Waals surface area contributed by atoms with E-state index in [0.717, 1.165) is 0 Å². The number of ether oxygens (including phenoxy) is 1. The van der Waals surface area contributed by atoms with Crippen LogP contribution in [-0.4, -0.2) is 18.4 Å². The van der Waals surface area contributed by atoms with Crippen molar-refractivity contribution in [2.75, 3.05) is 7.11 Å². The Kier molecular flexibility index (Phi) is 2.89. The van der Waals surface area contributed by atoms with Gasteiger partial charge in [-0.2, -0.15) is 0 Å². The van der Waals surface area contributed by atoms with E-state index in [2.05, 4.69) is 15.2 Å². The van der Waals surface area contributed by atoms with Gasteiger partial charge in [0.1, 0.15) is 11.5 Å². The first kappa shape index (κ1) is 9.57. The van der Waals surface area contributed by atoms with Crippen LogP contribution >= 0.6 is 0 Å². The predicted octanol–water partition coefficient (Wildman–Crippen LogP) is 1.40. The van der Waals surface area contributed by atoms with E-state index in [1.807, 2.05) is 0 Å². The van der Waals surface area contributed by atoms with Crippen LogP contribution in [-0.2, 0) is 4.74 Å². The van der Waals surface area contributed by atoms with Gasteiger partial charge in [0.15, 0.2) is 0 Å². The van der Waals surface area contributed by atoms with Gasteiger partial charge in [-0.1, -0.05) is 5.16 Å². The van der Waals surface area contributed by atoms with E-state index < -0.39 is 6.09 Å². The van der Waals surface area contributed by atoms with E-state index in [-0.39, 0.29) is 6.04 Å². The third-order valence-electron chi connectivity index (χ3n) is 1.61. The quantitative estimate of drug-likeness (QED) is 0.754. The Morgan fingerprint density at radius 2 is 2.46 bits per heavy atom. The fourth-order valence-corrected chi connectivity index (χ4v) is 0.899. The first-order chi connectivity index (χ1) is 6.13. The van der Waals surface area contributed by atoms with Crippen molar-refractivity contribution in [2.24, 2.45) is 0 Å². The molecule has 0 aliphatic carbocycles. The second-order valence-electron chi connectivity index (χ2n) is 2.72. The van der Waals surface area contributed by atoms with Crippen LogP contribution in [0.3, 0.4) is 0 Å². The Labute approximate surface area is 76.0 Å². The predicted molar refractivity (Wildman–Crippen MR) is 45.2 cm³/mol. The Hall–Kier alpha value is -1.52. The van der Waals surface area contributed by atoms with Gasteiger partial charge in [0.2, 0.25) is 0 Å². The highest BCUT2D eigenvalue weighted by atomic mass is 16.5. The van der Waals surface area contributed by atoms with E-state index >= 15 is 0 Å². The lowest BCUT2D eigenvalue weighted by Gasteiger charge is -2.08. The molecule has 0 spiro atoms. The average molecular weight is 184 g/mol. The zero-order chi connectivity index (χ0) is 9.84. The maximum absolute atomic E-state index is 10.8. The topological polar surface area (TPSA) is 64.4 Å². The summed E-state index contributed by atoms with van der Waals surface area (Å²) in [6, 6.07) is 1.56. The molecule has 0 aliphatic heterocycles. The molecule has 72 valence electrons. The number of nitrogens with one attached hydrogen (secondary N) is 1. The van der Waals surface area contributed by atoms with E-state index in [9.17, 15) is 4.79 Å². The van der Waals surface area contributed by atoms with Crippen LogP contribution in [0.5, 0.6) is 0 Å². The van der Waals surface area contributed by atoms with E-state index in [0.29, 0.717) is 11.5 Å². The molecule has 0 saturated carbocycles. The molecule has 0 saturated heterocycles. The van der Waals surface area contributed by atoms with Gasteiger partial charge in [-0.15, -0.1) is 0 Å². The van der Waals surface area contributed by atoms with Gasteiger partial charge < -0.3 is 14.6 Å². The molecule has 1 aromatic rings. The molecule has 13 heavy (non-hydrogen) atoms. The maximum Gasteiger partial charge on any atom is 0.407 e. The summed E-state index contributed by atoms with van der Waals surface area (Å²) >= 11 is 0. The van der Waals surface area contributed by atoms with Crippen molar-refractivity contribution in [2.45, 2.75) is 19.9 Å². The minimum atomic E-state index is -0.479. The van der Waals surface area contributed by atoms with Gasteiger partial charge in [0.05, 0.1) is 13.2 Å². The number of rotatable bonds is 2. The molecule has 1 unspecified atom stereocenters. The normalized spacial score (nSPS) is 12.2. The second kappa shape index (κ2) is 3.93. The Balaban J connectivity index is 2.58. The fraction of sp³-hybridized carbons (Fsp3) is 0.500. The van der Waals surface area contributed by atoms with Crippen LogP contribution < -0.4 is 5.32 Å². The smallest absolute Gasteiger partial charge is 0.407 e. The van der Waals surface area contributed by atoms with Crippen molar-refractivity contribution >= 4 is 6.09 Å². The van der Waals surface area contributed by atoms with Gasteiger partial charge in [-0.25, -0.2) is 4.79 Å². The molecule has 1 amide bonds. The van der Waals surface area contributed by atoms with Crippen molar-refractivity contribution in [3.05, 3.63) is 17.5 Å². The number of aromatic nitrogens is 1. The number of carbonyl (C=O) groups excluding carboxylic acids is 1. The fourth-order valence-electron chi connectivity index (χ4n) is 0.899. The van der Waals surface area contributed by atoms with Gasteiger partial charge >= 0.3 is 6.09 Å². The largest absolute Gasteiger partial charge is 0.453 e. The minimum absolute atomic E-state index is 0.204. The van der Waals surface area contributed by atoms with Crippen LogP contribution in [0.1, 0.15) is 24.4 Å². The number of alkyl carbamates (subject to hydrolysis) is 1. The second-order valence-corrected chi connectivity index (χ2v) is 2.72. The molecule has 1 heterocycles. The average Bonchev–Trinajstić information content (AvgIpc) is 2.51. The summed E-state index contributed by atoms with van der Waals surface area (Å²) < 4.78 is 9.30. The lowest BCUT2D eigenvalue weighted by Crippen LogP contribution is -2.26. The lowest BCUT2D eigenvalue weighted by molar-refractivity contribution is 0.167. The van der Waals surface area contributed by atoms with E-state index in [4.69, 9.17) is 4.52 Å². The number of aryl methyl sites for hydroxylation is 1. The van der Waals surface area contributed by atoms with E-state index in [1.54, 1.807) is 19.9 Å². The first-order valence-electron chi connectivity index (χ1n) is 3.91.